The number of ether oxygens (including phenoxy) is 3. The monoisotopic (exact) mass is 482 g/mol. The Morgan fingerprint density at radius 2 is 2.17 bits per heavy atom. The van der Waals surface area contributed by atoms with Crippen molar-refractivity contribution < 1.29 is 23.8 Å². The van der Waals surface area contributed by atoms with Gasteiger partial charge in [0.2, 0.25) is 5.91 Å². The number of amides is 1. The van der Waals surface area contributed by atoms with E-state index in [-0.39, 0.29) is 18.9 Å². The summed E-state index contributed by atoms with van der Waals surface area (Å²) in [6.07, 6.45) is 1.40. The predicted octanol–water partition coefficient (Wildman–Crippen LogP) is 3.24. The molecular formula is C20H27BrN4O5. The summed E-state index contributed by atoms with van der Waals surface area (Å²) >= 11 is 3.39. The van der Waals surface area contributed by atoms with Gasteiger partial charge in [-0.1, -0.05) is 27.1 Å². The number of azide groups is 1. The van der Waals surface area contributed by atoms with Gasteiger partial charge in [0.1, 0.15) is 5.75 Å². The van der Waals surface area contributed by atoms with E-state index in [1.807, 2.05) is 18.2 Å². The number of benzene rings is 1. The molecule has 1 aromatic rings. The Morgan fingerprint density at radius 3 is 2.90 bits per heavy atom. The molecular weight excluding hydrogens is 456 g/mol. The second-order valence-electron chi connectivity index (χ2n) is 6.83. The zero-order valence-corrected chi connectivity index (χ0v) is 18.7. The topological polar surface area (TPSA) is 114 Å². The molecule has 0 N–H and O–H groups in total. The lowest BCUT2D eigenvalue weighted by molar-refractivity contribution is -0.147. The summed E-state index contributed by atoms with van der Waals surface area (Å²) in [4.78, 5) is 29.3. The molecule has 0 bridgehead atoms. The molecule has 1 aromatic carbocycles. The lowest BCUT2D eigenvalue weighted by atomic mass is 9.94. The summed E-state index contributed by atoms with van der Waals surface area (Å²) in [7, 11) is 1.32. The lowest BCUT2D eigenvalue weighted by Gasteiger charge is -2.24. The third-order valence-electron chi connectivity index (χ3n) is 4.76. The van der Waals surface area contributed by atoms with Gasteiger partial charge in [0, 0.05) is 29.9 Å². The van der Waals surface area contributed by atoms with Crippen LogP contribution in [-0.4, -0.2) is 62.1 Å². The first kappa shape index (κ1) is 24.0. The van der Waals surface area contributed by atoms with E-state index >= 15 is 0 Å². The zero-order chi connectivity index (χ0) is 21.8. The van der Waals surface area contributed by atoms with Crippen molar-refractivity contribution in [3.8, 4) is 5.75 Å². The maximum atomic E-state index is 13.1. The largest absolute Gasteiger partial charge is 0.494 e. The Kier molecular flexibility index (Phi) is 10.5. The van der Waals surface area contributed by atoms with Crippen LogP contribution in [0.5, 0.6) is 5.75 Å². The van der Waals surface area contributed by atoms with Crippen LogP contribution in [0.3, 0.4) is 0 Å². The van der Waals surface area contributed by atoms with Crippen LogP contribution in [0, 0.1) is 5.92 Å². The normalized spacial score (nSPS) is 15.7. The molecule has 10 heteroatoms. The average Bonchev–Trinajstić information content (AvgIpc) is 2.87. The van der Waals surface area contributed by atoms with Gasteiger partial charge in [-0.2, -0.15) is 0 Å². The Morgan fingerprint density at radius 1 is 1.33 bits per heavy atom. The molecule has 0 radical (unpaired) electrons. The summed E-state index contributed by atoms with van der Waals surface area (Å²) in [6, 6.07) is 5.84. The molecule has 30 heavy (non-hydrogen) atoms. The Hall–Kier alpha value is -2.29. The molecule has 0 fully saturated rings. The van der Waals surface area contributed by atoms with Crippen molar-refractivity contribution in [2.24, 2.45) is 11.0 Å². The fraction of sp³-hybridized carbons (Fsp3) is 0.600. The van der Waals surface area contributed by atoms with Crippen molar-refractivity contribution in [1.29, 1.82) is 0 Å². The highest BCUT2D eigenvalue weighted by molar-refractivity contribution is 9.09. The van der Waals surface area contributed by atoms with Gasteiger partial charge >= 0.3 is 5.97 Å². The smallest absolute Gasteiger partial charge is 0.306 e. The van der Waals surface area contributed by atoms with Crippen LogP contribution in [0.2, 0.25) is 0 Å². The summed E-state index contributed by atoms with van der Waals surface area (Å²) in [5.41, 5.74) is 10.3. The highest BCUT2D eigenvalue weighted by Crippen LogP contribution is 2.28. The number of carbonyl (C=O) groups is 2. The standard InChI is InChI=1S/C20H27BrN4O5/c1-28-19(26)13-16-11-15-3-4-18(30-8-2-5-21)12-17(15)14-25(20(16)27)7-10-29-9-6-23-24-22/h3-4,12,16H,2,5-11,13-14H2,1H3/t16-/m0/s1. The van der Waals surface area contributed by atoms with E-state index in [1.165, 1.54) is 7.11 Å². The van der Waals surface area contributed by atoms with Crippen molar-refractivity contribution in [2.45, 2.75) is 25.8 Å². The average molecular weight is 483 g/mol. The molecule has 0 aromatic heterocycles. The molecule has 0 saturated carbocycles. The molecule has 1 amide bonds. The Bertz CT molecular complexity index is 770. The van der Waals surface area contributed by atoms with Gasteiger partial charge in [0.15, 0.2) is 0 Å². The maximum absolute atomic E-state index is 13.1. The van der Waals surface area contributed by atoms with E-state index in [0.717, 1.165) is 28.6 Å². The Labute approximate surface area is 184 Å². The highest BCUT2D eigenvalue weighted by Gasteiger charge is 2.31. The van der Waals surface area contributed by atoms with E-state index in [2.05, 4.69) is 26.0 Å². The van der Waals surface area contributed by atoms with E-state index in [0.29, 0.717) is 39.3 Å². The minimum atomic E-state index is -0.484. The van der Waals surface area contributed by atoms with Crippen molar-refractivity contribution in [3.05, 3.63) is 39.8 Å². The number of fused-ring (bicyclic) bond motifs is 1. The first-order valence-corrected chi connectivity index (χ1v) is 11.0. The van der Waals surface area contributed by atoms with Gasteiger partial charge < -0.3 is 19.1 Å². The third kappa shape index (κ3) is 7.51. The minimum Gasteiger partial charge on any atom is -0.494 e. The van der Waals surface area contributed by atoms with Crippen LogP contribution in [0.25, 0.3) is 10.4 Å². The van der Waals surface area contributed by atoms with Gasteiger partial charge in [0.25, 0.3) is 0 Å². The molecule has 1 heterocycles. The molecule has 0 spiro atoms. The summed E-state index contributed by atoms with van der Waals surface area (Å²) < 4.78 is 16.0. The van der Waals surface area contributed by atoms with E-state index in [4.69, 9.17) is 19.7 Å². The van der Waals surface area contributed by atoms with Crippen LogP contribution in [0.15, 0.2) is 23.3 Å². The Balaban J connectivity index is 2.13. The van der Waals surface area contributed by atoms with Crippen molar-refractivity contribution in [3.63, 3.8) is 0 Å². The molecule has 0 saturated heterocycles. The van der Waals surface area contributed by atoms with E-state index in [1.54, 1.807) is 4.90 Å². The number of methoxy groups -OCH3 is 1. The molecule has 9 nitrogen and oxygen atoms in total. The van der Waals surface area contributed by atoms with Gasteiger partial charge in [-0.15, -0.1) is 0 Å². The quantitative estimate of drug-likeness (QED) is 0.113. The van der Waals surface area contributed by atoms with Crippen molar-refractivity contribution in [2.75, 3.05) is 45.4 Å². The van der Waals surface area contributed by atoms with Crippen LogP contribution in [-0.2, 0) is 32.0 Å². The minimum absolute atomic E-state index is 0.0342. The van der Waals surface area contributed by atoms with E-state index in [9.17, 15) is 9.59 Å². The predicted molar refractivity (Wildman–Crippen MR) is 114 cm³/mol. The number of carbonyl (C=O) groups excluding carboxylic acids is 2. The summed E-state index contributed by atoms with van der Waals surface area (Å²) in [5, 5.41) is 4.29. The van der Waals surface area contributed by atoms with Crippen molar-refractivity contribution >= 4 is 27.8 Å². The highest BCUT2D eigenvalue weighted by atomic mass is 79.9. The molecule has 0 aliphatic carbocycles. The lowest BCUT2D eigenvalue weighted by Crippen LogP contribution is -2.38. The molecule has 2 rings (SSSR count). The van der Waals surface area contributed by atoms with Crippen molar-refractivity contribution in [1.82, 2.24) is 4.90 Å². The number of halogens is 1. The van der Waals surface area contributed by atoms with Crippen LogP contribution >= 0.6 is 15.9 Å². The van der Waals surface area contributed by atoms with Gasteiger partial charge in [-0.05, 0) is 41.6 Å². The summed E-state index contributed by atoms with van der Waals surface area (Å²) in [5.74, 6) is -0.227. The van der Waals surface area contributed by atoms with Gasteiger partial charge in [-0.25, -0.2) is 0 Å². The molecule has 1 atom stereocenters. The molecule has 164 valence electrons. The second kappa shape index (κ2) is 13.1. The first-order valence-electron chi connectivity index (χ1n) is 9.83. The van der Waals surface area contributed by atoms with Crippen LogP contribution in [0.1, 0.15) is 24.0 Å². The van der Waals surface area contributed by atoms with Gasteiger partial charge in [0.05, 0.1) is 39.3 Å². The maximum Gasteiger partial charge on any atom is 0.306 e. The molecule has 0 unspecified atom stereocenters. The van der Waals surface area contributed by atoms with Crippen LogP contribution < -0.4 is 4.74 Å². The van der Waals surface area contributed by atoms with E-state index < -0.39 is 11.9 Å². The number of hydrogen-bond acceptors (Lipinski definition) is 6. The SMILES string of the molecule is COC(=O)C[C@@H]1Cc2ccc(OCCCBr)cc2CN(CCOCCN=[N+]=[N-])C1=O. The summed E-state index contributed by atoms with van der Waals surface area (Å²) in [6.45, 7) is 2.25. The molecule has 1 aliphatic heterocycles. The number of esters is 1. The second-order valence-corrected chi connectivity index (χ2v) is 7.62. The van der Waals surface area contributed by atoms with Gasteiger partial charge in [-0.3, -0.25) is 9.59 Å². The van der Waals surface area contributed by atoms with Crippen LogP contribution in [0.4, 0.5) is 0 Å². The fourth-order valence-electron chi connectivity index (χ4n) is 3.24. The third-order valence-corrected chi connectivity index (χ3v) is 5.32. The number of hydrogen-bond donors (Lipinski definition) is 0. The number of nitrogens with zero attached hydrogens (tertiary/aromatic N) is 4. The fourth-order valence-corrected chi connectivity index (χ4v) is 3.47. The molecule has 1 aliphatic rings. The number of alkyl halides is 1. The zero-order valence-electron chi connectivity index (χ0n) is 17.1. The number of rotatable bonds is 12. The first-order chi connectivity index (χ1) is 14.6.